The zero-order chi connectivity index (χ0) is 10.2. The summed E-state index contributed by atoms with van der Waals surface area (Å²) in [5, 5.41) is 0. The van der Waals surface area contributed by atoms with Gasteiger partial charge < -0.3 is 15.2 Å². The summed E-state index contributed by atoms with van der Waals surface area (Å²) in [5.74, 6) is 0. The van der Waals surface area contributed by atoms with Crippen LogP contribution in [0.25, 0.3) is 0 Å². The Balaban J connectivity index is 0.00000196. The highest BCUT2D eigenvalue weighted by molar-refractivity contribution is 5.85. The monoisotopic (exact) mass is 231 g/mol. The van der Waals surface area contributed by atoms with E-state index in [2.05, 4.69) is 6.07 Å². The van der Waals surface area contributed by atoms with Crippen molar-refractivity contribution in [2.24, 2.45) is 5.73 Å². The molecule has 3 nitrogen and oxygen atoms in total. The molecular formula is C11H18ClNO2. The van der Waals surface area contributed by atoms with E-state index in [1.54, 1.807) is 7.11 Å². The van der Waals surface area contributed by atoms with Gasteiger partial charge in [0.1, 0.15) is 0 Å². The molecule has 15 heavy (non-hydrogen) atoms. The van der Waals surface area contributed by atoms with Gasteiger partial charge in [-0.25, -0.2) is 0 Å². The van der Waals surface area contributed by atoms with Gasteiger partial charge in [0.05, 0.1) is 19.8 Å². The Labute approximate surface area is 97.0 Å². The fraction of sp³-hybridized carbons (Fsp3) is 0.455. The highest BCUT2D eigenvalue weighted by Crippen LogP contribution is 2.05. The summed E-state index contributed by atoms with van der Waals surface area (Å²) in [6.45, 7) is 2.46. The van der Waals surface area contributed by atoms with E-state index in [-0.39, 0.29) is 12.4 Å². The zero-order valence-electron chi connectivity index (χ0n) is 8.94. The Morgan fingerprint density at radius 2 is 1.93 bits per heavy atom. The van der Waals surface area contributed by atoms with Crippen molar-refractivity contribution >= 4 is 12.4 Å². The molecule has 0 fully saturated rings. The van der Waals surface area contributed by atoms with Crippen LogP contribution in [0.4, 0.5) is 0 Å². The van der Waals surface area contributed by atoms with Crippen LogP contribution in [-0.2, 0) is 22.6 Å². The van der Waals surface area contributed by atoms with Gasteiger partial charge in [0.15, 0.2) is 0 Å². The van der Waals surface area contributed by atoms with Crippen LogP contribution in [0.5, 0.6) is 0 Å². The van der Waals surface area contributed by atoms with Gasteiger partial charge in [-0.3, -0.25) is 0 Å². The molecule has 0 aliphatic carbocycles. The first-order valence-corrected chi connectivity index (χ1v) is 4.71. The summed E-state index contributed by atoms with van der Waals surface area (Å²) in [6.07, 6.45) is 0. The van der Waals surface area contributed by atoms with Crippen LogP contribution in [0, 0.1) is 0 Å². The second kappa shape index (κ2) is 8.68. The maximum Gasteiger partial charge on any atom is 0.0718 e. The predicted molar refractivity (Wildman–Crippen MR) is 63.1 cm³/mol. The maximum atomic E-state index is 5.53. The van der Waals surface area contributed by atoms with Crippen LogP contribution in [0.3, 0.4) is 0 Å². The number of hydrogen-bond donors (Lipinski definition) is 1. The van der Waals surface area contributed by atoms with Gasteiger partial charge in [-0.1, -0.05) is 24.3 Å². The van der Waals surface area contributed by atoms with E-state index in [1.165, 1.54) is 0 Å². The number of rotatable bonds is 6. The Morgan fingerprint density at radius 3 is 2.60 bits per heavy atom. The van der Waals surface area contributed by atoms with Crippen molar-refractivity contribution in [3.8, 4) is 0 Å². The summed E-state index contributed by atoms with van der Waals surface area (Å²) in [5.41, 5.74) is 7.83. The van der Waals surface area contributed by atoms with Gasteiger partial charge in [-0.15, -0.1) is 12.4 Å². The van der Waals surface area contributed by atoms with E-state index >= 15 is 0 Å². The Bertz CT molecular complexity index is 269. The summed E-state index contributed by atoms with van der Waals surface area (Å²) in [4.78, 5) is 0. The molecule has 0 aliphatic heterocycles. The Morgan fingerprint density at radius 1 is 1.20 bits per heavy atom. The number of benzene rings is 1. The van der Waals surface area contributed by atoms with E-state index in [0.29, 0.717) is 26.4 Å². The van der Waals surface area contributed by atoms with Crippen molar-refractivity contribution in [1.82, 2.24) is 0 Å². The first kappa shape index (κ1) is 14.4. The molecule has 0 aliphatic rings. The number of ether oxygens (including phenoxy) is 2. The van der Waals surface area contributed by atoms with Gasteiger partial charge in [0, 0.05) is 13.7 Å². The molecule has 2 N–H and O–H groups in total. The summed E-state index contributed by atoms with van der Waals surface area (Å²) in [6, 6.07) is 8.11. The molecular weight excluding hydrogens is 214 g/mol. The van der Waals surface area contributed by atoms with Crippen LogP contribution >= 0.6 is 12.4 Å². The van der Waals surface area contributed by atoms with Gasteiger partial charge in [-0.05, 0) is 11.1 Å². The second-order valence-corrected chi connectivity index (χ2v) is 3.07. The molecule has 1 aromatic carbocycles. The van der Waals surface area contributed by atoms with Crippen LogP contribution in [0.15, 0.2) is 24.3 Å². The summed E-state index contributed by atoms with van der Waals surface area (Å²) < 4.78 is 10.3. The smallest absolute Gasteiger partial charge is 0.0718 e. The average Bonchev–Trinajstić information content (AvgIpc) is 2.25. The fourth-order valence-corrected chi connectivity index (χ4v) is 1.18. The first-order valence-electron chi connectivity index (χ1n) is 4.71. The lowest BCUT2D eigenvalue weighted by Crippen LogP contribution is -2.02. The van der Waals surface area contributed by atoms with E-state index in [1.807, 2.05) is 18.2 Å². The Hall–Kier alpha value is -0.610. The molecule has 1 aromatic rings. The molecule has 0 spiro atoms. The topological polar surface area (TPSA) is 44.5 Å². The van der Waals surface area contributed by atoms with Crippen LogP contribution in [0.1, 0.15) is 11.1 Å². The normalized spacial score (nSPS) is 9.73. The van der Waals surface area contributed by atoms with Gasteiger partial charge in [0.25, 0.3) is 0 Å². The predicted octanol–water partition coefficient (Wildman–Crippen LogP) is 1.73. The number of nitrogens with two attached hydrogens (primary N) is 1. The molecule has 1 rings (SSSR count). The van der Waals surface area contributed by atoms with E-state index in [0.717, 1.165) is 11.1 Å². The number of hydrogen-bond acceptors (Lipinski definition) is 3. The standard InChI is InChI=1S/C11H17NO2.ClH/c1-13-5-6-14-9-11-4-2-3-10(7-11)8-12;/h2-4,7H,5-6,8-9,12H2,1H3;1H. The zero-order valence-corrected chi connectivity index (χ0v) is 9.76. The SMILES string of the molecule is COCCOCc1cccc(CN)c1.Cl. The third-order valence-corrected chi connectivity index (χ3v) is 1.93. The van der Waals surface area contributed by atoms with Crippen molar-refractivity contribution in [2.75, 3.05) is 20.3 Å². The van der Waals surface area contributed by atoms with Crippen molar-refractivity contribution in [2.45, 2.75) is 13.2 Å². The van der Waals surface area contributed by atoms with E-state index < -0.39 is 0 Å². The molecule has 0 amide bonds. The molecule has 0 aromatic heterocycles. The third kappa shape index (κ3) is 5.74. The van der Waals surface area contributed by atoms with Gasteiger partial charge >= 0.3 is 0 Å². The lowest BCUT2D eigenvalue weighted by molar-refractivity contribution is 0.0616. The van der Waals surface area contributed by atoms with Crippen molar-refractivity contribution in [3.63, 3.8) is 0 Å². The molecule has 0 bridgehead atoms. The minimum atomic E-state index is 0. The fourth-order valence-electron chi connectivity index (χ4n) is 1.18. The molecule has 0 unspecified atom stereocenters. The van der Waals surface area contributed by atoms with Crippen molar-refractivity contribution in [3.05, 3.63) is 35.4 Å². The molecule has 0 heterocycles. The highest BCUT2D eigenvalue weighted by Gasteiger charge is 1.94. The van der Waals surface area contributed by atoms with Crippen LogP contribution < -0.4 is 5.73 Å². The quantitative estimate of drug-likeness (QED) is 0.759. The first-order chi connectivity index (χ1) is 6.86. The van der Waals surface area contributed by atoms with Crippen LogP contribution in [0.2, 0.25) is 0 Å². The van der Waals surface area contributed by atoms with Crippen LogP contribution in [-0.4, -0.2) is 20.3 Å². The molecule has 4 heteroatoms. The minimum Gasteiger partial charge on any atom is -0.382 e. The highest BCUT2D eigenvalue weighted by atomic mass is 35.5. The Kier molecular flexibility index (Phi) is 8.33. The minimum absolute atomic E-state index is 0. The lowest BCUT2D eigenvalue weighted by Gasteiger charge is -2.05. The molecule has 0 radical (unpaired) electrons. The lowest BCUT2D eigenvalue weighted by atomic mass is 10.1. The van der Waals surface area contributed by atoms with E-state index in [4.69, 9.17) is 15.2 Å². The molecule has 86 valence electrons. The maximum absolute atomic E-state index is 5.53. The second-order valence-electron chi connectivity index (χ2n) is 3.07. The van der Waals surface area contributed by atoms with Gasteiger partial charge in [-0.2, -0.15) is 0 Å². The molecule has 0 saturated carbocycles. The number of methoxy groups -OCH3 is 1. The molecule has 0 atom stereocenters. The van der Waals surface area contributed by atoms with Gasteiger partial charge in [0.2, 0.25) is 0 Å². The average molecular weight is 232 g/mol. The largest absolute Gasteiger partial charge is 0.382 e. The summed E-state index contributed by atoms with van der Waals surface area (Å²) in [7, 11) is 1.67. The van der Waals surface area contributed by atoms with E-state index in [9.17, 15) is 0 Å². The third-order valence-electron chi connectivity index (χ3n) is 1.93. The summed E-state index contributed by atoms with van der Waals surface area (Å²) >= 11 is 0. The van der Waals surface area contributed by atoms with Crippen molar-refractivity contribution in [1.29, 1.82) is 0 Å². The van der Waals surface area contributed by atoms with Crippen molar-refractivity contribution < 1.29 is 9.47 Å². The molecule has 0 saturated heterocycles. The number of halogens is 1.